The van der Waals surface area contributed by atoms with Crippen molar-refractivity contribution < 1.29 is 0 Å². The van der Waals surface area contributed by atoms with E-state index < -0.39 is 0 Å². The fraction of sp³-hybridized carbons (Fsp3) is 0.231. The minimum absolute atomic E-state index is 0.284. The zero-order valence-electron chi connectivity index (χ0n) is 9.33. The lowest BCUT2D eigenvalue weighted by molar-refractivity contribution is 0.890. The van der Waals surface area contributed by atoms with Crippen LogP contribution in [0.15, 0.2) is 35.7 Å². The van der Waals surface area contributed by atoms with Gasteiger partial charge in [-0.05, 0) is 43.0 Å². The summed E-state index contributed by atoms with van der Waals surface area (Å²) >= 11 is 7.49. The summed E-state index contributed by atoms with van der Waals surface area (Å²) in [7, 11) is 0. The van der Waals surface area contributed by atoms with Gasteiger partial charge in [-0.2, -0.15) is 0 Å². The lowest BCUT2D eigenvalue weighted by Gasteiger charge is -2.14. The molecule has 1 atom stereocenters. The molecular weight excluding hydrogens is 238 g/mol. The van der Waals surface area contributed by atoms with Crippen LogP contribution in [0, 0.1) is 6.92 Å². The molecule has 16 heavy (non-hydrogen) atoms. The van der Waals surface area contributed by atoms with E-state index in [2.05, 4.69) is 48.8 Å². The summed E-state index contributed by atoms with van der Waals surface area (Å²) in [5.41, 5.74) is 3.65. The van der Waals surface area contributed by atoms with Crippen molar-refractivity contribution in [1.29, 1.82) is 0 Å². The van der Waals surface area contributed by atoms with Crippen LogP contribution in [0.1, 0.15) is 24.1 Å². The minimum Gasteiger partial charge on any atom is -0.378 e. The number of hydrogen-bond acceptors (Lipinski definition) is 2. The molecule has 1 N–H and O–H groups in total. The second-order valence-electron chi connectivity index (χ2n) is 3.92. The normalized spacial score (nSPS) is 12.4. The molecule has 0 saturated heterocycles. The van der Waals surface area contributed by atoms with E-state index in [-0.39, 0.29) is 6.04 Å². The maximum Gasteiger partial charge on any atom is 0.0931 e. The molecule has 0 spiro atoms. The van der Waals surface area contributed by atoms with Crippen molar-refractivity contribution in [2.45, 2.75) is 19.9 Å². The van der Waals surface area contributed by atoms with Gasteiger partial charge in [0.05, 0.1) is 4.34 Å². The molecule has 1 nitrogen and oxygen atoms in total. The quantitative estimate of drug-likeness (QED) is 0.820. The van der Waals surface area contributed by atoms with Crippen molar-refractivity contribution in [3.63, 3.8) is 0 Å². The number of benzene rings is 1. The summed E-state index contributed by atoms with van der Waals surface area (Å²) in [4.78, 5) is 0. The third-order valence-corrected chi connectivity index (χ3v) is 3.63. The van der Waals surface area contributed by atoms with Crippen LogP contribution in [0.4, 0.5) is 5.69 Å². The number of nitrogens with one attached hydrogen (secondary N) is 1. The van der Waals surface area contributed by atoms with E-state index in [0.717, 1.165) is 10.0 Å². The Morgan fingerprint density at radius 2 is 1.94 bits per heavy atom. The SMILES string of the molecule is Cc1ccc(NC(C)c2csc(Cl)c2)cc1. The Morgan fingerprint density at radius 3 is 2.50 bits per heavy atom. The summed E-state index contributed by atoms with van der Waals surface area (Å²) in [5.74, 6) is 0. The van der Waals surface area contributed by atoms with Crippen LogP contribution in [-0.2, 0) is 0 Å². The molecule has 1 aromatic heterocycles. The molecule has 1 aromatic carbocycles. The standard InChI is InChI=1S/C13H14ClNS/c1-9-3-5-12(6-4-9)15-10(2)11-7-13(14)16-8-11/h3-8,10,15H,1-2H3. The largest absolute Gasteiger partial charge is 0.378 e. The van der Waals surface area contributed by atoms with Crippen molar-refractivity contribution >= 4 is 28.6 Å². The molecule has 0 aliphatic rings. The first kappa shape index (κ1) is 11.5. The second-order valence-corrected chi connectivity index (χ2v) is 5.46. The van der Waals surface area contributed by atoms with Crippen molar-refractivity contribution in [3.05, 3.63) is 51.2 Å². The van der Waals surface area contributed by atoms with Gasteiger partial charge in [-0.15, -0.1) is 11.3 Å². The van der Waals surface area contributed by atoms with E-state index in [1.807, 2.05) is 6.07 Å². The van der Waals surface area contributed by atoms with Crippen LogP contribution >= 0.6 is 22.9 Å². The highest BCUT2D eigenvalue weighted by Gasteiger charge is 2.07. The van der Waals surface area contributed by atoms with Gasteiger partial charge in [0.25, 0.3) is 0 Å². The van der Waals surface area contributed by atoms with Gasteiger partial charge in [0, 0.05) is 11.7 Å². The Kier molecular flexibility index (Phi) is 3.52. The first-order valence-electron chi connectivity index (χ1n) is 5.22. The van der Waals surface area contributed by atoms with Gasteiger partial charge in [0.15, 0.2) is 0 Å². The first-order valence-corrected chi connectivity index (χ1v) is 6.48. The number of anilines is 1. The van der Waals surface area contributed by atoms with E-state index in [1.165, 1.54) is 11.1 Å². The third-order valence-electron chi connectivity index (χ3n) is 2.52. The van der Waals surface area contributed by atoms with Crippen molar-refractivity contribution in [2.24, 2.45) is 0 Å². The molecule has 2 rings (SSSR count). The highest BCUT2D eigenvalue weighted by Crippen LogP contribution is 2.27. The number of aryl methyl sites for hydroxylation is 1. The predicted octanol–water partition coefficient (Wildman–Crippen LogP) is 4.88. The summed E-state index contributed by atoms with van der Waals surface area (Å²) in [5, 5.41) is 5.54. The molecule has 0 fully saturated rings. The average Bonchev–Trinajstić information content (AvgIpc) is 2.68. The summed E-state index contributed by atoms with van der Waals surface area (Å²) in [6.07, 6.45) is 0. The zero-order valence-corrected chi connectivity index (χ0v) is 10.9. The molecular formula is C13H14ClNS. The molecule has 0 bridgehead atoms. The Hall–Kier alpha value is -0.990. The van der Waals surface area contributed by atoms with Gasteiger partial charge in [0.2, 0.25) is 0 Å². The Labute approximate surface area is 105 Å². The molecule has 1 unspecified atom stereocenters. The molecule has 0 amide bonds. The summed E-state index contributed by atoms with van der Waals surface area (Å²) in [6.45, 7) is 4.23. The van der Waals surface area contributed by atoms with Crippen LogP contribution in [-0.4, -0.2) is 0 Å². The van der Waals surface area contributed by atoms with Crippen molar-refractivity contribution in [1.82, 2.24) is 0 Å². The Morgan fingerprint density at radius 1 is 1.25 bits per heavy atom. The van der Waals surface area contributed by atoms with E-state index in [1.54, 1.807) is 11.3 Å². The molecule has 84 valence electrons. The number of halogens is 1. The van der Waals surface area contributed by atoms with Gasteiger partial charge in [0.1, 0.15) is 0 Å². The number of hydrogen-bond donors (Lipinski definition) is 1. The monoisotopic (exact) mass is 251 g/mol. The van der Waals surface area contributed by atoms with Gasteiger partial charge in [-0.3, -0.25) is 0 Å². The molecule has 1 heterocycles. The number of thiophene rings is 1. The maximum atomic E-state index is 5.92. The van der Waals surface area contributed by atoms with E-state index in [4.69, 9.17) is 11.6 Å². The third kappa shape index (κ3) is 2.77. The Bertz CT molecular complexity index is 461. The Balaban J connectivity index is 2.07. The summed E-state index contributed by atoms with van der Waals surface area (Å²) < 4.78 is 0.840. The summed E-state index contributed by atoms with van der Waals surface area (Å²) in [6, 6.07) is 10.7. The molecule has 0 aliphatic carbocycles. The van der Waals surface area contributed by atoms with Crippen LogP contribution in [0.25, 0.3) is 0 Å². The van der Waals surface area contributed by atoms with Gasteiger partial charge < -0.3 is 5.32 Å². The average molecular weight is 252 g/mol. The van der Waals surface area contributed by atoms with Gasteiger partial charge >= 0.3 is 0 Å². The molecule has 0 aliphatic heterocycles. The fourth-order valence-electron chi connectivity index (χ4n) is 1.53. The second kappa shape index (κ2) is 4.89. The molecule has 2 aromatic rings. The van der Waals surface area contributed by atoms with Crippen molar-refractivity contribution in [2.75, 3.05) is 5.32 Å². The van der Waals surface area contributed by atoms with E-state index >= 15 is 0 Å². The highest BCUT2D eigenvalue weighted by atomic mass is 35.5. The zero-order chi connectivity index (χ0) is 11.5. The smallest absolute Gasteiger partial charge is 0.0931 e. The van der Waals surface area contributed by atoms with Crippen LogP contribution in [0.3, 0.4) is 0 Å². The molecule has 0 radical (unpaired) electrons. The lowest BCUT2D eigenvalue weighted by atomic mass is 10.1. The van der Waals surface area contributed by atoms with E-state index in [9.17, 15) is 0 Å². The van der Waals surface area contributed by atoms with Gasteiger partial charge in [-0.1, -0.05) is 29.3 Å². The predicted molar refractivity (Wildman–Crippen MR) is 72.5 cm³/mol. The topological polar surface area (TPSA) is 12.0 Å². The number of rotatable bonds is 3. The maximum absolute atomic E-state index is 5.92. The van der Waals surface area contributed by atoms with Crippen LogP contribution in [0.2, 0.25) is 4.34 Å². The molecule has 0 saturated carbocycles. The highest BCUT2D eigenvalue weighted by molar-refractivity contribution is 7.14. The first-order chi connectivity index (χ1) is 7.65. The minimum atomic E-state index is 0.284. The fourth-order valence-corrected chi connectivity index (χ4v) is 2.52. The van der Waals surface area contributed by atoms with Gasteiger partial charge in [-0.25, -0.2) is 0 Å². The van der Waals surface area contributed by atoms with E-state index in [0.29, 0.717) is 0 Å². The van der Waals surface area contributed by atoms with Crippen molar-refractivity contribution in [3.8, 4) is 0 Å². The van der Waals surface area contributed by atoms with Crippen LogP contribution < -0.4 is 5.32 Å². The molecule has 3 heteroatoms. The lowest BCUT2D eigenvalue weighted by Crippen LogP contribution is -2.05. The van der Waals surface area contributed by atoms with Crippen LogP contribution in [0.5, 0.6) is 0 Å².